The summed E-state index contributed by atoms with van der Waals surface area (Å²) in [4.78, 5) is 29.9. The van der Waals surface area contributed by atoms with Gasteiger partial charge in [-0.25, -0.2) is 9.37 Å². The van der Waals surface area contributed by atoms with Crippen LogP contribution in [0.1, 0.15) is 11.1 Å². The lowest BCUT2D eigenvalue weighted by Crippen LogP contribution is -2.24. The molecule has 170 valence electrons. The van der Waals surface area contributed by atoms with Crippen LogP contribution in [-0.4, -0.2) is 21.2 Å². The lowest BCUT2D eigenvalue weighted by atomic mass is 10.1. The Morgan fingerprint density at radius 1 is 1.09 bits per heavy atom. The Hall–Kier alpha value is -3.18. The number of fused-ring (bicyclic) bond motifs is 1. The van der Waals surface area contributed by atoms with Crippen LogP contribution in [0.25, 0.3) is 10.2 Å². The molecular formula is C22H15F4N3O2S2. The molecule has 1 N–H and O–H groups in total. The summed E-state index contributed by atoms with van der Waals surface area (Å²) in [7, 11) is 0. The molecule has 1 amide bonds. The van der Waals surface area contributed by atoms with Crippen molar-refractivity contribution in [3.63, 3.8) is 0 Å². The summed E-state index contributed by atoms with van der Waals surface area (Å²) >= 11 is 2.16. The van der Waals surface area contributed by atoms with E-state index >= 15 is 0 Å². The van der Waals surface area contributed by atoms with E-state index in [4.69, 9.17) is 0 Å². The van der Waals surface area contributed by atoms with E-state index in [1.54, 1.807) is 11.4 Å². The topological polar surface area (TPSA) is 64.0 Å². The van der Waals surface area contributed by atoms with Crippen molar-refractivity contribution in [1.82, 2.24) is 9.55 Å². The summed E-state index contributed by atoms with van der Waals surface area (Å²) in [6.07, 6.45) is -4.61. The molecule has 2 aromatic heterocycles. The number of anilines is 1. The van der Waals surface area contributed by atoms with Crippen molar-refractivity contribution in [3.05, 3.63) is 87.3 Å². The van der Waals surface area contributed by atoms with Crippen molar-refractivity contribution >= 4 is 44.9 Å². The number of nitrogens with zero attached hydrogens (tertiary/aromatic N) is 2. The zero-order valence-corrected chi connectivity index (χ0v) is 18.4. The number of hydrogen-bond donors (Lipinski definition) is 1. The third-order valence-corrected chi connectivity index (χ3v) is 6.49. The minimum Gasteiger partial charge on any atom is -0.325 e. The number of thiophene rings is 1. The number of carbonyl (C=O) groups excluding carboxylic acids is 1. The molecule has 2 aromatic carbocycles. The number of hydrogen-bond acceptors (Lipinski definition) is 5. The Labute approximate surface area is 193 Å². The van der Waals surface area contributed by atoms with Crippen molar-refractivity contribution in [2.24, 2.45) is 0 Å². The molecule has 0 radical (unpaired) electrons. The van der Waals surface area contributed by atoms with Crippen LogP contribution < -0.4 is 10.9 Å². The van der Waals surface area contributed by atoms with Crippen LogP contribution in [0.3, 0.4) is 0 Å². The first-order chi connectivity index (χ1) is 15.7. The number of benzene rings is 2. The van der Waals surface area contributed by atoms with E-state index in [2.05, 4.69) is 10.3 Å². The molecule has 2 heterocycles. The number of aromatic nitrogens is 2. The SMILES string of the molecule is O=C(CSc1nc2ccsc2c(=O)n1Cc1ccc(F)cc1)Nc1ccccc1C(F)(F)F. The molecule has 5 nitrogen and oxygen atoms in total. The second kappa shape index (κ2) is 9.36. The lowest BCUT2D eigenvalue weighted by molar-refractivity contribution is -0.137. The maximum absolute atomic E-state index is 13.2. The summed E-state index contributed by atoms with van der Waals surface area (Å²) < 4.78 is 54.6. The van der Waals surface area contributed by atoms with Gasteiger partial charge < -0.3 is 5.32 Å². The Bertz CT molecular complexity index is 1360. The molecule has 0 spiro atoms. The predicted molar refractivity (Wildman–Crippen MR) is 120 cm³/mol. The average Bonchev–Trinajstić information content (AvgIpc) is 3.24. The largest absolute Gasteiger partial charge is 0.418 e. The van der Waals surface area contributed by atoms with E-state index < -0.39 is 23.5 Å². The summed E-state index contributed by atoms with van der Waals surface area (Å²) in [6.45, 7) is 0.0980. The van der Waals surface area contributed by atoms with Crippen LogP contribution in [0.4, 0.5) is 23.2 Å². The number of halogens is 4. The van der Waals surface area contributed by atoms with Gasteiger partial charge in [0, 0.05) is 0 Å². The van der Waals surface area contributed by atoms with E-state index in [-0.39, 0.29) is 28.7 Å². The van der Waals surface area contributed by atoms with Gasteiger partial charge in [-0.15, -0.1) is 11.3 Å². The van der Waals surface area contributed by atoms with E-state index in [0.717, 1.165) is 17.8 Å². The minimum absolute atomic E-state index is 0.0980. The quantitative estimate of drug-likeness (QED) is 0.222. The molecule has 11 heteroatoms. The highest BCUT2D eigenvalue weighted by molar-refractivity contribution is 7.99. The molecule has 0 unspecified atom stereocenters. The maximum Gasteiger partial charge on any atom is 0.418 e. The zero-order valence-electron chi connectivity index (χ0n) is 16.7. The van der Waals surface area contributed by atoms with Gasteiger partial charge in [-0.05, 0) is 41.3 Å². The summed E-state index contributed by atoms with van der Waals surface area (Å²) in [6, 6.07) is 12.0. The molecule has 0 saturated heterocycles. The van der Waals surface area contributed by atoms with E-state index in [1.165, 1.54) is 58.4 Å². The van der Waals surface area contributed by atoms with E-state index in [1.807, 2.05) is 0 Å². The minimum atomic E-state index is -4.61. The fraction of sp³-hybridized carbons (Fsp3) is 0.136. The second-order valence-corrected chi connectivity index (χ2v) is 8.79. The lowest BCUT2D eigenvalue weighted by Gasteiger charge is -2.14. The van der Waals surface area contributed by atoms with Crippen LogP contribution >= 0.6 is 23.1 Å². The van der Waals surface area contributed by atoms with Gasteiger partial charge in [-0.1, -0.05) is 36.0 Å². The van der Waals surface area contributed by atoms with Crippen LogP contribution in [0.15, 0.2) is 69.9 Å². The first-order valence-corrected chi connectivity index (χ1v) is 11.4. The number of amides is 1. The Kier molecular flexibility index (Phi) is 6.52. The highest BCUT2D eigenvalue weighted by Crippen LogP contribution is 2.34. The van der Waals surface area contributed by atoms with Gasteiger partial charge in [0.2, 0.25) is 5.91 Å². The van der Waals surface area contributed by atoms with Crippen molar-refractivity contribution in [2.45, 2.75) is 17.9 Å². The van der Waals surface area contributed by atoms with Crippen LogP contribution in [-0.2, 0) is 17.5 Å². The van der Waals surface area contributed by atoms with Crippen molar-refractivity contribution in [1.29, 1.82) is 0 Å². The predicted octanol–water partition coefficient (Wildman–Crippen LogP) is 5.40. The fourth-order valence-electron chi connectivity index (χ4n) is 3.10. The monoisotopic (exact) mass is 493 g/mol. The Morgan fingerprint density at radius 3 is 2.55 bits per heavy atom. The highest BCUT2D eigenvalue weighted by atomic mass is 32.2. The average molecular weight is 494 g/mol. The Morgan fingerprint density at radius 2 is 1.82 bits per heavy atom. The summed E-state index contributed by atoms with van der Waals surface area (Å²) in [5.74, 6) is -1.36. The third kappa shape index (κ3) is 5.25. The van der Waals surface area contributed by atoms with Crippen molar-refractivity contribution < 1.29 is 22.4 Å². The maximum atomic E-state index is 13.2. The molecule has 0 bridgehead atoms. The molecule has 0 saturated carbocycles. The van der Waals surface area contributed by atoms with E-state index in [9.17, 15) is 27.2 Å². The summed E-state index contributed by atoms with van der Waals surface area (Å²) in [5.41, 5.74) is -0.494. The number of rotatable bonds is 6. The molecule has 33 heavy (non-hydrogen) atoms. The van der Waals surface area contributed by atoms with Gasteiger partial charge in [0.05, 0.1) is 29.1 Å². The molecule has 0 fully saturated rings. The fourth-order valence-corrected chi connectivity index (χ4v) is 4.68. The van der Waals surface area contributed by atoms with Crippen LogP contribution in [0.2, 0.25) is 0 Å². The highest BCUT2D eigenvalue weighted by Gasteiger charge is 2.33. The normalized spacial score (nSPS) is 11.6. The molecule has 4 rings (SSSR count). The zero-order chi connectivity index (χ0) is 23.6. The molecule has 0 aliphatic carbocycles. The summed E-state index contributed by atoms with van der Waals surface area (Å²) in [5, 5.41) is 4.22. The first kappa shape index (κ1) is 23.0. The number of nitrogens with one attached hydrogen (secondary N) is 1. The molecule has 0 atom stereocenters. The number of thioether (sulfide) groups is 1. The molecule has 4 aromatic rings. The standard InChI is InChI=1S/C22H15F4N3O2S2/c23-14-7-5-13(6-8-14)11-29-20(31)19-17(9-10-32-19)28-21(29)33-12-18(30)27-16-4-2-1-3-15(16)22(24,25)26/h1-10H,11-12H2,(H,27,30). The number of alkyl halides is 3. The van der Waals surface area contributed by atoms with Gasteiger partial charge in [0.1, 0.15) is 10.5 Å². The molecule has 0 aliphatic heterocycles. The number of para-hydroxylation sites is 1. The van der Waals surface area contributed by atoms with Gasteiger partial charge >= 0.3 is 6.18 Å². The number of carbonyl (C=O) groups is 1. The first-order valence-electron chi connectivity index (χ1n) is 9.54. The second-order valence-electron chi connectivity index (χ2n) is 6.93. The third-order valence-electron chi connectivity index (χ3n) is 4.62. The van der Waals surface area contributed by atoms with Gasteiger partial charge in [0.15, 0.2) is 5.16 Å². The smallest absolute Gasteiger partial charge is 0.325 e. The Balaban J connectivity index is 1.58. The van der Waals surface area contributed by atoms with Crippen LogP contribution in [0, 0.1) is 5.82 Å². The van der Waals surface area contributed by atoms with Gasteiger partial charge in [0.25, 0.3) is 5.56 Å². The van der Waals surface area contributed by atoms with E-state index in [0.29, 0.717) is 15.8 Å². The molecule has 0 aliphatic rings. The molecular weight excluding hydrogens is 478 g/mol. The van der Waals surface area contributed by atoms with Gasteiger partial charge in [-0.2, -0.15) is 13.2 Å². The van der Waals surface area contributed by atoms with Crippen molar-refractivity contribution in [2.75, 3.05) is 11.1 Å². The van der Waals surface area contributed by atoms with Crippen LogP contribution in [0.5, 0.6) is 0 Å². The van der Waals surface area contributed by atoms with Gasteiger partial charge in [-0.3, -0.25) is 14.2 Å². The van der Waals surface area contributed by atoms with Crippen molar-refractivity contribution in [3.8, 4) is 0 Å².